The van der Waals surface area contributed by atoms with Gasteiger partial charge in [-0.1, -0.05) is 18.2 Å². The number of carbonyl (C=O) groups excluding carboxylic acids is 1. The second kappa shape index (κ2) is 6.93. The van der Waals surface area contributed by atoms with E-state index in [0.29, 0.717) is 5.69 Å². The van der Waals surface area contributed by atoms with Crippen LogP contribution >= 0.6 is 0 Å². The Bertz CT molecular complexity index is 676. The van der Waals surface area contributed by atoms with Crippen LogP contribution in [0.4, 0.5) is 0 Å². The number of hydrogen-bond donors (Lipinski definition) is 2. The lowest BCUT2D eigenvalue weighted by molar-refractivity contribution is 0.0677. The Kier molecular flexibility index (Phi) is 4.73. The molecule has 6 nitrogen and oxygen atoms in total. The first kappa shape index (κ1) is 15.7. The lowest BCUT2D eigenvalue weighted by atomic mass is 10.2. The Labute approximate surface area is 135 Å². The smallest absolute Gasteiger partial charge is 0.274 e. The molecule has 23 heavy (non-hydrogen) atoms. The van der Waals surface area contributed by atoms with E-state index in [4.69, 9.17) is 10.2 Å². The van der Waals surface area contributed by atoms with Crippen molar-refractivity contribution in [3.05, 3.63) is 47.3 Å². The third-order valence-corrected chi connectivity index (χ3v) is 4.16. The number of para-hydroxylation sites is 1. The largest absolute Gasteiger partial charge is 0.395 e. The van der Waals surface area contributed by atoms with Crippen LogP contribution in [0.15, 0.2) is 30.3 Å². The van der Waals surface area contributed by atoms with Crippen LogP contribution in [0, 0.1) is 0 Å². The molecule has 0 saturated carbocycles. The van der Waals surface area contributed by atoms with Crippen molar-refractivity contribution in [1.82, 2.24) is 14.7 Å². The van der Waals surface area contributed by atoms with Gasteiger partial charge >= 0.3 is 0 Å². The molecule has 1 amide bonds. The van der Waals surface area contributed by atoms with E-state index >= 15 is 0 Å². The molecule has 2 aromatic rings. The first-order chi connectivity index (χ1) is 11.3. The highest BCUT2D eigenvalue weighted by Crippen LogP contribution is 2.28. The molecule has 2 N–H and O–H groups in total. The highest BCUT2D eigenvalue weighted by atomic mass is 16.3. The molecule has 0 unspecified atom stereocenters. The lowest BCUT2D eigenvalue weighted by Gasteiger charge is -2.19. The Morgan fingerprint density at radius 2 is 1.83 bits per heavy atom. The van der Waals surface area contributed by atoms with Gasteiger partial charge in [-0.15, -0.1) is 0 Å². The van der Waals surface area contributed by atoms with Crippen molar-refractivity contribution in [1.29, 1.82) is 0 Å². The van der Waals surface area contributed by atoms with Crippen molar-refractivity contribution in [2.45, 2.75) is 19.3 Å². The average molecular weight is 315 g/mol. The van der Waals surface area contributed by atoms with Gasteiger partial charge in [-0.2, -0.15) is 5.10 Å². The van der Waals surface area contributed by atoms with Crippen LogP contribution in [-0.4, -0.2) is 57.1 Å². The summed E-state index contributed by atoms with van der Waals surface area (Å²) >= 11 is 0. The van der Waals surface area contributed by atoms with E-state index in [-0.39, 0.29) is 32.2 Å². The first-order valence-electron chi connectivity index (χ1n) is 7.93. The molecule has 0 saturated heterocycles. The summed E-state index contributed by atoms with van der Waals surface area (Å²) in [5.41, 5.74) is 3.48. The zero-order valence-corrected chi connectivity index (χ0v) is 13.0. The predicted molar refractivity (Wildman–Crippen MR) is 85.7 cm³/mol. The SMILES string of the molecule is O=C(c1nn(-c2ccccc2)c2c1CCC2)N(CCO)CCO. The number of nitrogens with zero attached hydrogens (tertiary/aromatic N) is 3. The second-order valence-corrected chi connectivity index (χ2v) is 5.61. The number of aromatic nitrogens is 2. The summed E-state index contributed by atoms with van der Waals surface area (Å²) in [5, 5.41) is 22.8. The van der Waals surface area contributed by atoms with Crippen LogP contribution in [0.2, 0.25) is 0 Å². The highest BCUT2D eigenvalue weighted by Gasteiger charge is 2.29. The number of amides is 1. The van der Waals surface area contributed by atoms with E-state index in [2.05, 4.69) is 5.10 Å². The predicted octanol–water partition coefficient (Wildman–Crippen LogP) is 0.788. The maximum Gasteiger partial charge on any atom is 0.274 e. The molecule has 0 bridgehead atoms. The number of hydrogen-bond acceptors (Lipinski definition) is 4. The van der Waals surface area contributed by atoms with Crippen LogP contribution in [0.3, 0.4) is 0 Å². The van der Waals surface area contributed by atoms with Crippen molar-refractivity contribution < 1.29 is 15.0 Å². The molecule has 0 radical (unpaired) electrons. The summed E-state index contributed by atoms with van der Waals surface area (Å²) in [6.45, 7) is 0.138. The highest BCUT2D eigenvalue weighted by molar-refractivity contribution is 5.94. The van der Waals surface area contributed by atoms with Gasteiger partial charge in [0, 0.05) is 24.3 Å². The van der Waals surface area contributed by atoms with E-state index in [1.54, 1.807) is 0 Å². The number of aliphatic hydroxyl groups excluding tert-OH is 2. The van der Waals surface area contributed by atoms with Crippen molar-refractivity contribution in [3.63, 3.8) is 0 Å². The molecule has 0 spiro atoms. The molecule has 1 heterocycles. The second-order valence-electron chi connectivity index (χ2n) is 5.61. The summed E-state index contributed by atoms with van der Waals surface area (Å²) in [4.78, 5) is 14.2. The van der Waals surface area contributed by atoms with E-state index in [1.807, 2.05) is 35.0 Å². The average Bonchev–Trinajstić information content (AvgIpc) is 3.17. The summed E-state index contributed by atoms with van der Waals surface area (Å²) in [7, 11) is 0. The Morgan fingerprint density at radius 3 is 2.48 bits per heavy atom. The van der Waals surface area contributed by atoms with Crippen LogP contribution < -0.4 is 0 Å². The lowest BCUT2D eigenvalue weighted by Crippen LogP contribution is -2.36. The molecule has 0 aliphatic heterocycles. The van der Waals surface area contributed by atoms with E-state index < -0.39 is 0 Å². The van der Waals surface area contributed by atoms with Gasteiger partial charge in [-0.25, -0.2) is 4.68 Å². The minimum Gasteiger partial charge on any atom is -0.395 e. The van der Waals surface area contributed by atoms with Gasteiger partial charge in [-0.3, -0.25) is 4.79 Å². The fourth-order valence-electron chi connectivity index (χ4n) is 3.10. The number of fused-ring (bicyclic) bond motifs is 1. The summed E-state index contributed by atoms with van der Waals surface area (Å²) in [6, 6.07) is 9.79. The molecule has 0 fully saturated rings. The van der Waals surface area contributed by atoms with E-state index in [9.17, 15) is 4.79 Å². The molecule has 6 heteroatoms. The Balaban J connectivity index is 1.99. The van der Waals surface area contributed by atoms with Crippen molar-refractivity contribution in [2.24, 2.45) is 0 Å². The van der Waals surface area contributed by atoms with Crippen molar-refractivity contribution >= 4 is 5.91 Å². The van der Waals surface area contributed by atoms with Gasteiger partial charge in [0.1, 0.15) is 0 Å². The molecule has 1 aromatic heterocycles. The molecule has 3 rings (SSSR count). The van der Waals surface area contributed by atoms with Crippen LogP contribution in [0.25, 0.3) is 5.69 Å². The standard InChI is InChI=1S/C17H21N3O3/c21-11-9-19(10-12-22)17(23)16-14-7-4-8-15(14)20(18-16)13-5-2-1-3-6-13/h1-3,5-6,21-22H,4,7-12H2. The molecule has 1 aliphatic rings. The maximum absolute atomic E-state index is 12.8. The maximum atomic E-state index is 12.8. The summed E-state index contributed by atoms with van der Waals surface area (Å²) in [5.74, 6) is -0.221. The van der Waals surface area contributed by atoms with Gasteiger partial charge in [-0.05, 0) is 31.4 Å². The minimum absolute atomic E-state index is 0.132. The summed E-state index contributed by atoms with van der Waals surface area (Å²) in [6.07, 6.45) is 2.76. The van der Waals surface area contributed by atoms with E-state index in [1.165, 1.54) is 4.90 Å². The molecule has 122 valence electrons. The third-order valence-electron chi connectivity index (χ3n) is 4.16. The van der Waals surface area contributed by atoms with Crippen LogP contribution in [-0.2, 0) is 12.8 Å². The van der Waals surface area contributed by atoms with Gasteiger partial charge in [0.05, 0.1) is 18.9 Å². The molecule has 0 atom stereocenters. The Morgan fingerprint density at radius 1 is 1.13 bits per heavy atom. The summed E-state index contributed by atoms with van der Waals surface area (Å²) < 4.78 is 1.85. The normalized spacial score (nSPS) is 13.1. The third kappa shape index (κ3) is 3.00. The number of benzene rings is 1. The number of aliphatic hydroxyl groups is 2. The topological polar surface area (TPSA) is 78.6 Å². The number of carbonyl (C=O) groups is 1. The van der Waals surface area contributed by atoms with Gasteiger partial charge in [0.25, 0.3) is 5.91 Å². The zero-order chi connectivity index (χ0) is 16.2. The fraction of sp³-hybridized carbons (Fsp3) is 0.412. The Hall–Kier alpha value is -2.18. The fourth-order valence-corrected chi connectivity index (χ4v) is 3.10. The van der Waals surface area contributed by atoms with Gasteiger partial charge in [0.15, 0.2) is 5.69 Å². The monoisotopic (exact) mass is 315 g/mol. The molecular formula is C17H21N3O3. The van der Waals surface area contributed by atoms with Gasteiger partial charge in [0.2, 0.25) is 0 Å². The van der Waals surface area contributed by atoms with Gasteiger partial charge < -0.3 is 15.1 Å². The molecular weight excluding hydrogens is 294 g/mol. The minimum atomic E-state index is -0.221. The van der Waals surface area contributed by atoms with E-state index in [0.717, 1.165) is 36.2 Å². The first-order valence-corrected chi connectivity index (χ1v) is 7.93. The molecule has 1 aliphatic carbocycles. The zero-order valence-electron chi connectivity index (χ0n) is 13.0. The van der Waals surface area contributed by atoms with Crippen LogP contribution in [0.5, 0.6) is 0 Å². The number of rotatable bonds is 6. The van der Waals surface area contributed by atoms with Crippen LogP contribution in [0.1, 0.15) is 28.2 Å². The molecule has 1 aromatic carbocycles. The van der Waals surface area contributed by atoms with Crippen molar-refractivity contribution in [2.75, 3.05) is 26.3 Å². The van der Waals surface area contributed by atoms with Crippen molar-refractivity contribution in [3.8, 4) is 5.69 Å². The quantitative estimate of drug-likeness (QED) is 0.826.